The number of hydrogen-bond acceptors (Lipinski definition) is 3. The van der Waals surface area contributed by atoms with E-state index in [-0.39, 0.29) is 6.54 Å². The maximum Gasteiger partial charge on any atom is 0.118 e. The van der Waals surface area contributed by atoms with Crippen molar-refractivity contribution in [2.75, 3.05) is 13.7 Å². The van der Waals surface area contributed by atoms with E-state index in [2.05, 4.69) is 20.1 Å². The van der Waals surface area contributed by atoms with Crippen LogP contribution in [0, 0.1) is 0 Å². The molecule has 0 aliphatic heterocycles. The minimum atomic E-state index is -0.882. The molecule has 0 saturated carbocycles. The lowest BCUT2D eigenvalue weighted by Gasteiger charge is -2.22. The fourth-order valence-electron chi connectivity index (χ4n) is 1.40. The number of nitrogens with zero attached hydrogens (tertiary/aromatic N) is 6. The second-order valence-electron chi connectivity index (χ2n) is 3.58. The van der Waals surface area contributed by atoms with Crippen LogP contribution in [0.1, 0.15) is 12.5 Å². The topological polar surface area (TPSA) is 107 Å². The van der Waals surface area contributed by atoms with Gasteiger partial charge in [-0.15, -0.1) is 0 Å². The average Bonchev–Trinajstić information content (AvgIpc) is 2.37. The summed E-state index contributed by atoms with van der Waals surface area (Å²) in [6.45, 7) is 1.78. The maximum atomic E-state index is 8.56. The molecule has 1 rings (SSSR count). The summed E-state index contributed by atoms with van der Waals surface area (Å²) in [5, 5.41) is 7.16. The van der Waals surface area contributed by atoms with Crippen LogP contribution in [-0.4, -0.2) is 13.7 Å². The third kappa shape index (κ3) is 3.04. The van der Waals surface area contributed by atoms with Crippen molar-refractivity contribution >= 4 is 0 Å². The van der Waals surface area contributed by atoms with Gasteiger partial charge in [-0.3, -0.25) is 0 Å². The molecule has 1 unspecified atom stereocenters. The number of ether oxygens (including phenoxy) is 1. The lowest BCUT2D eigenvalue weighted by molar-refractivity contribution is 0.413. The Bertz CT molecular complexity index is 472. The van der Waals surface area contributed by atoms with Crippen LogP contribution < -0.4 is 4.74 Å². The van der Waals surface area contributed by atoms with E-state index < -0.39 is 5.54 Å². The minimum absolute atomic E-state index is 0.0693. The molecule has 0 fully saturated rings. The molecular weight excluding hydrogens is 220 g/mol. The van der Waals surface area contributed by atoms with Gasteiger partial charge < -0.3 is 4.74 Å². The van der Waals surface area contributed by atoms with Crippen molar-refractivity contribution in [3.63, 3.8) is 0 Å². The Labute approximate surface area is 98.3 Å². The second kappa shape index (κ2) is 5.65. The second-order valence-corrected chi connectivity index (χ2v) is 3.58. The predicted molar refractivity (Wildman–Crippen MR) is 63.5 cm³/mol. The minimum Gasteiger partial charge on any atom is -0.497 e. The van der Waals surface area contributed by atoms with Gasteiger partial charge in [-0.2, -0.15) is 0 Å². The van der Waals surface area contributed by atoms with Gasteiger partial charge in [0.15, 0.2) is 0 Å². The van der Waals surface area contributed by atoms with E-state index in [1.54, 1.807) is 38.3 Å². The molecule has 0 heterocycles. The summed E-state index contributed by atoms with van der Waals surface area (Å²) in [5.41, 5.74) is 16.8. The standard InChI is InChI=1S/C10H12N6O/c1-10(14-16-12,7-13-15-11)8-3-5-9(17-2)6-4-8/h3-6H,7H2,1-2H3. The van der Waals surface area contributed by atoms with Gasteiger partial charge in [0.25, 0.3) is 0 Å². The molecule has 0 aliphatic rings. The zero-order valence-corrected chi connectivity index (χ0v) is 9.61. The van der Waals surface area contributed by atoms with Crippen molar-refractivity contribution in [2.45, 2.75) is 12.5 Å². The van der Waals surface area contributed by atoms with Gasteiger partial charge in [0.2, 0.25) is 0 Å². The molecule has 1 aromatic rings. The molecule has 7 heteroatoms. The largest absolute Gasteiger partial charge is 0.497 e. The third-order valence-electron chi connectivity index (χ3n) is 2.42. The van der Waals surface area contributed by atoms with Gasteiger partial charge >= 0.3 is 0 Å². The van der Waals surface area contributed by atoms with E-state index in [0.29, 0.717) is 5.75 Å². The van der Waals surface area contributed by atoms with E-state index in [0.717, 1.165) is 5.56 Å². The first-order valence-electron chi connectivity index (χ1n) is 4.88. The molecule has 0 aliphatic carbocycles. The quantitative estimate of drug-likeness (QED) is 0.432. The van der Waals surface area contributed by atoms with Crippen LogP contribution in [0.4, 0.5) is 0 Å². The normalized spacial score (nSPS) is 12.8. The summed E-state index contributed by atoms with van der Waals surface area (Å²) < 4.78 is 5.04. The van der Waals surface area contributed by atoms with Crippen LogP contribution in [0.3, 0.4) is 0 Å². The summed E-state index contributed by atoms with van der Waals surface area (Å²) in [4.78, 5) is 5.47. The molecule has 0 spiro atoms. The Balaban J connectivity index is 3.11. The highest BCUT2D eigenvalue weighted by molar-refractivity contribution is 5.32. The Morgan fingerprint density at radius 1 is 1.24 bits per heavy atom. The summed E-state index contributed by atoms with van der Waals surface area (Å²) in [5.74, 6) is 0.709. The molecule has 1 aromatic carbocycles. The Kier molecular flexibility index (Phi) is 4.22. The van der Waals surface area contributed by atoms with Gasteiger partial charge in [0.05, 0.1) is 12.6 Å². The molecule has 1 atom stereocenters. The van der Waals surface area contributed by atoms with Crippen molar-refractivity contribution in [1.82, 2.24) is 0 Å². The summed E-state index contributed by atoms with van der Waals surface area (Å²) in [7, 11) is 1.57. The van der Waals surface area contributed by atoms with Crippen molar-refractivity contribution in [2.24, 2.45) is 10.2 Å². The molecule has 7 nitrogen and oxygen atoms in total. The maximum absolute atomic E-state index is 8.56. The molecule has 0 saturated heterocycles. The predicted octanol–water partition coefficient (Wildman–Crippen LogP) is 3.53. The Morgan fingerprint density at radius 2 is 1.88 bits per heavy atom. The zero-order valence-electron chi connectivity index (χ0n) is 9.61. The highest BCUT2D eigenvalue weighted by Crippen LogP contribution is 2.27. The van der Waals surface area contributed by atoms with Crippen molar-refractivity contribution < 1.29 is 4.74 Å². The van der Waals surface area contributed by atoms with Crippen molar-refractivity contribution in [3.05, 3.63) is 50.7 Å². The third-order valence-corrected chi connectivity index (χ3v) is 2.42. The van der Waals surface area contributed by atoms with E-state index in [4.69, 9.17) is 15.8 Å². The molecular formula is C10H12N6O. The number of benzene rings is 1. The molecule has 0 aromatic heterocycles. The van der Waals surface area contributed by atoms with Crippen molar-refractivity contribution in [3.8, 4) is 5.75 Å². The van der Waals surface area contributed by atoms with Crippen LogP contribution in [0.25, 0.3) is 20.9 Å². The molecule has 0 bridgehead atoms. The smallest absolute Gasteiger partial charge is 0.118 e. The lowest BCUT2D eigenvalue weighted by Crippen LogP contribution is -2.22. The van der Waals surface area contributed by atoms with Crippen LogP contribution in [0.5, 0.6) is 5.75 Å². The van der Waals surface area contributed by atoms with Gasteiger partial charge in [-0.25, -0.2) is 0 Å². The Morgan fingerprint density at radius 3 is 2.35 bits per heavy atom. The number of azide groups is 2. The first kappa shape index (κ1) is 12.7. The molecule has 0 amide bonds. The van der Waals surface area contributed by atoms with Gasteiger partial charge in [0.1, 0.15) is 5.75 Å². The van der Waals surface area contributed by atoms with Crippen LogP contribution in [0.15, 0.2) is 34.5 Å². The fourth-order valence-corrected chi connectivity index (χ4v) is 1.40. The molecule has 17 heavy (non-hydrogen) atoms. The highest BCUT2D eigenvalue weighted by atomic mass is 16.5. The van der Waals surface area contributed by atoms with E-state index in [1.807, 2.05) is 0 Å². The molecule has 0 N–H and O–H groups in total. The molecule has 88 valence electrons. The van der Waals surface area contributed by atoms with E-state index >= 15 is 0 Å². The fraction of sp³-hybridized carbons (Fsp3) is 0.400. The number of rotatable bonds is 5. The number of hydrogen-bond donors (Lipinski definition) is 0. The number of methoxy groups -OCH3 is 1. The summed E-state index contributed by atoms with van der Waals surface area (Å²) in [6.07, 6.45) is 0. The first-order valence-corrected chi connectivity index (χ1v) is 4.88. The first-order chi connectivity index (χ1) is 8.16. The van der Waals surface area contributed by atoms with Crippen LogP contribution >= 0.6 is 0 Å². The SMILES string of the molecule is COc1ccc(C(C)(CN=[N+]=[N-])N=[N+]=[N-])cc1. The highest BCUT2D eigenvalue weighted by Gasteiger charge is 2.24. The van der Waals surface area contributed by atoms with Crippen LogP contribution in [0.2, 0.25) is 0 Å². The zero-order chi connectivity index (χ0) is 12.7. The summed E-state index contributed by atoms with van der Waals surface area (Å²) >= 11 is 0. The average molecular weight is 232 g/mol. The van der Waals surface area contributed by atoms with Crippen LogP contribution in [-0.2, 0) is 5.54 Å². The van der Waals surface area contributed by atoms with E-state index in [9.17, 15) is 0 Å². The summed E-state index contributed by atoms with van der Waals surface area (Å²) in [6, 6.07) is 7.08. The van der Waals surface area contributed by atoms with Gasteiger partial charge in [-0.1, -0.05) is 22.4 Å². The van der Waals surface area contributed by atoms with Crippen molar-refractivity contribution in [1.29, 1.82) is 0 Å². The van der Waals surface area contributed by atoms with Gasteiger partial charge in [-0.05, 0) is 35.7 Å². The Hall–Kier alpha value is -2.36. The monoisotopic (exact) mass is 232 g/mol. The lowest BCUT2D eigenvalue weighted by atomic mass is 9.93. The molecule has 0 radical (unpaired) electrons. The van der Waals surface area contributed by atoms with E-state index in [1.165, 1.54) is 0 Å². The van der Waals surface area contributed by atoms with Gasteiger partial charge in [0, 0.05) is 16.4 Å².